The molecule has 12 heavy (non-hydrogen) atoms. The van der Waals surface area contributed by atoms with E-state index in [-0.39, 0.29) is 5.92 Å². The largest absolute Gasteiger partial charge is 0.384 e. The molecule has 0 radical (unpaired) electrons. The van der Waals surface area contributed by atoms with Crippen molar-refractivity contribution in [3.63, 3.8) is 0 Å². The van der Waals surface area contributed by atoms with Crippen LogP contribution in [0.5, 0.6) is 0 Å². The van der Waals surface area contributed by atoms with Crippen LogP contribution in [-0.4, -0.2) is 23.2 Å². The summed E-state index contributed by atoms with van der Waals surface area (Å²) in [6, 6.07) is 1.42. The maximum atomic E-state index is 10.9. The number of aliphatic hydroxyl groups is 1. The lowest BCUT2D eigenvalue weighted by Crippen LogP contribution is -2.42. The summed E-state index contributed by atoms with van der Waals surface area (Å²) in [5, 5.41) is 19.8. The van der Waals surface area contributed by atoms with Gasteiger partial charge in [0.05, 0.1) is 6.07 Å². The monoisotopic (exact) mass is 170 g/mol. The highest BCUT2D eigenvalue weighted by Crippen LogP contribution is 1.99. The van der Waals surface area contributed by atoms with Gasteiger partial charge in [-0.2, -0.15) is 5.26 Å². The van der Waals surface area contributed by atoms with Gasteiger partial charge in [-0.15, -0.1) is 0 Å². The second kappa shape index (κ2) is 4.73. The Morgan fingerprint density at radius 1 is 1.50 bits per heavy atom. The van der Waals surface area contributed by atoms with Gasteiger partial charge in [0, 0.05) is 0 Å². The Labute approximate surface area is 72.2 Å². The van der Waals surface area contributed by atoms with E-state index in [1.54, 1.807) is 0 Å². The van der Waals surface area contributed by atoms with E-state index in [4.69, 9.17) is 10.4 Å². The number of aliphatic hydroxyl groups excluding tert-OH is 1. The van der Waals surface area contributed by atoms with Crippen molar-refractivity contribution in [3.05, 3.63) is 0 Å². The minimum Gasteiger partial charge on any atom is -0.384 e. The maximum absolute atomic E-state index is 10.9. The van der Waals surface area contributed by atoms with Crippen molar-refractivity contribution in [1.29, 1.82) is 5.26 Å². The number of carbonyl (C=O) groups excluding carboxylic acids is 1. The summed E-state index contributed by atoms with van der Waals surface area (Å²) in [5.74, 6) is -0.451. The molecule has 0 bridgehead atoms. The van der Waals surface area contributed by atoms with Gasteiger partial charge in [-0.1, -0.05) is 13.8 Å². The Hall–Kier alpha value is -1.08. The molecule has 2 atom stereocenters. The summed E-state index contributed by atoms with van der Waals surface area (Å²) in [6.45, 7) is 5.02. The van der Waals surface area contributed by atoms with E-state index in [9.17, 15) is 4.79 Å². The molecule has 4 heteroatoms. The third-order valence-electron chi connectivity index (χ3n) is 1.48. The lowest BCUT2D eigenvalue weighted by molar-refractivity contribution is -0.129. The molecule has 4 nitrogen and oxygen atoms in total. The average molecular weight is 170 g/mol. The number of hydrogen-bond donors (Lipinski definition) is 2. The summed E-state index contributed by atoms with van der Waals surface area (Å²) in [4.78, 5) is 10.9. The van der Waals surface area contributed by atoms with Gasteiger partial charge < -0.3 is 10.4 Å². The number of rotatable bonds is 3. The zero-order valence-electron chi connectivity index (χ0n) is 7.53. The van der Waals surface area contributed by atoms with Crippen molar-refractivity contribution in [2.75, 3.05) is 0 Å². The van der Waals surface area contributed by atoms with Gasteiger partial charge in [-0.25, -0.2) is 0 Å². The van der Waals surface area contributed by atoms with Crippen molar-refractivity contribution in [2.45, 2.75) is 32.9 Å². The van der Waals surface area contributed by atoms with Crippen LogP contribution in [0.4, 0.5) is 0 Å². The molecule has 0 aromatic rings. The smallest absolute Gasteiger partial charge is 0.249 e. The topological polar surface area (TPSA) is 73.1 Å². The van der Waals surface area contributed by atoms with Crippen LogP contribution in [0.15, 0.2) is 0 Å². The molecule has 0 fully saturated rings. The number of carbonyl (C=O) groups is 1. The number of nitrogens with zero attached hydrogens (tertiary/aromatic N) is 1. The Balaban J connectivity index is 4.06. The quantitative estimate of drug-likeness (QED) is 0.627. The van der Waals surface area contributed by atoms with Gasteiger partial charge in [-0.3, -0.25) is 4.79 Å². The third-order valence-corrected chi connectivity index (χ3v) is 1.48. The highest BCUT2D eigenvalue weighted by atomic mass is 16.3. The van der Waals surface area contributed by atoms with Gasteiger partial charge in [0.2, 0.25) is 5.91 Å². The highest BCUT2D eigenvalue weighted by molar-refractivity contribution is 5.80. The van der Waals surface area contributed by atoms with E-state index < -0.39 is 18.1 Å². The zero-order chi connectivity index (χ0) is 9.72. The number of amides is 1. The molecule has 0 aliphatic heterocycles. The van der Waals surface area contributed by atoms with Gasteiger partial charge >= 0.3 is 0 Å². The molecular formula is C8H14N2O2. The molecule has 0 rings (SSSR count). The maximum Gasteiger partial charge on any atom is 0.249 e. The first-order valence-corrected chi connectivity index (χ1v) is 3.87. The molecule has 0 spiro atoms. The van der Waals surface area contributed by atoms with Gasteiger partial charge in [0.15, 0.2) is 0 Å². The molecule has 0 aliphatic carbocycles. The van der Waals surface area contributed by atoms with E-state index in [1.165, 1.54) is 6.92 Å². The first-order valence-electron chi connectivity index (χ1n) is 3.87. The van der Waals surface area contributed by atoms with Crippen molar-refractivity contribution >= 4 is 5.91 Å². The van der Waals surface area contributed by atoms with Crippen LogP contribution in [0.25, 0.3) is 0 Å². The first-order chi connectivity index (χ1) is 5.49. The molecule has 2 N–H and O–H groups in total. The highest BCUT2D eigenvalue weighted by Gasteiger charge is 2.17. The van der Waals surface area contributed by atoms with Crippen LogP contribution < -0.4 is 5.32 Å². The van der Waals surface area contributed by atoms with E-state index >= 15 is 0 Å². The SMILES string of the molecule is CC(C)C(C#N)NC(=O)[C@@H](C)O. The minimum atomic E-state index is -1.06. The minimum absolute atomic E-state index is 0.0534. The van der Waals surface area contributed by atoms with Crippen LogP contribution in [0.2, 0.25) is 0 Å². The normalized spacial score (nSPS) is 15.0. The molecule has 0 aromatic heterocycles. The summed E-state index contributed by atoms with van der Waals surface area (Å²) < 4.78 is 0. The lowest BCUT2D eigenvalue weighted by atomic mass is 10.1. The fourth-order valence-corrected chi connectivity index (χ4v) is 0.622. The van der Waals surface area contributed by atoms with Crippen LogP contribution in [-0.2, 0) is 4.79 Å². The van der Waals surface area contributed by atoms with Crippen LogP contribution in [0.3, 0.4) is 0 Å². The molecule has 0 aromatic carbocycles. The van der Waals surface area contributed by atoms with Crippen molar-refractivity contribution in [1.82, 2.24) is 5.32 Å². The fourth-order valence-electron chi connectivity index (χ4n) is 0.622. The Kier molecular flexibility index (Phi) is 4.30. The summed E-state index contributed by atoms with van der Waals surface area (Å²) in [6.07, 6.45) is -1.06. The van der Waals surface area contributed by atoms with E-state index in [1.807, 2.05) is 19.9 Å². The van der Waals surface area contributed by atoms with Crippen molar-refractivity contribution in [3.8, 4) is 6.07 Å². The number of nitriles is 1. The summed E-state index contributed by atoms with van der Waals surface area (Å²) in [5.41, 5.74) is 0. The predicted molar refractivity (Wildman–Crippen MR) is 44.1 cm³/mol. The lowest BCUT2D eigenvalue weighted by Gasteiger charge is -2.15. The molecule has 1 unspecified atom stereocenters. The molecule has 0 saturated carbocycles. The van der Waals surface area contributed by atoms with Crippen LogP contribution in [0.1, 0.15) is 20.8 Å². The molecule has 0 saturated heterocycles. The van der Waals surface area contributed by atoms with Crippen molar-refractivity contribution in [2.24, 2.45) is 5.92 Å². The van der Waals surface area contributed by atoms with Gasteiger partial charge in [0.25, 0.3) is 0 Å². The summed E-state index contributed by atoms with van der Waals surface area (Å²) in [7, 11) is 0. The molecular weight excluding hydrogens is 156 g/mol. The number of nitrogens with one attached hydrogen (secondary N) is 1. The van der Waals surface area contributed by atoms with Crippen LogP contribution in [0, 0.1) is 17.2 Å². The average Bonchev–Trinajstić information content (AvgIpc) is 1.98. The Bertz CT molecular complexity index is 194. The van der Waals surface area contributed by atoms with Gasteiger partial charge in [-0.05, 0) is 12.8 Å². The van der Waals surface area contributed by atoms with E-state index in [0.29, 0.717) is 0 Å². The van der Waals surface area contributed by atoms with Gasteiger partial charge in [0.1, 0.15) is 12.1 Å². The van der Waals surface area contributed by atoms with Crippen molar-refractivity contribution < 1.29 is 9.90 Å². The fraction of sp³-hybridized carbons (Fsp3) is 0.750. The number of hydrogen-bond acceptors (Lipinski definition) is 3. The second-order valence-electron chi connectivity index (χ2n) is 3.04. The molecule has 0 aliphatic rings. The molecule has 0 heterocycles. The molecule has 68 valence electrons. The standard InChI is InChI=1S/C8H14N2O2/c1-5(2)7(4-9)10-8(12)6(3)11/h5-7,11H,1-3H3,(H,10,12)/t6-,7?/m1/s1. The third kappa shape index (κ3) is 3.35. The first kappa shape index (κ1) is 10.9. The Morgan fingerprint density at radius 2 is 2.00 bits per heavy atom. The van der Waals surface area contributed by atoms with Crippen LogP contribution >= 0.6 is 0 Å². The van der Waals surface area contributed by atoms with E-state index in [2.05, 4.69) is 5.32 Å². The molecule has 1 amide bonds. The Morgan fingerprint density at radius 3 is 2.25 bits per heavy atom. The zero-order valence-corrected chi connectivity index (χ0v) is 7.53. The second-order valence-corrected chi connectivity index (χ2v) is 3.04. The van der Waals surface area contributed by atoms with E-state index in [0.717, 1.165) is 0 Å². The predicted octanol–water partition coefficient (Wildman–Crippen LogP) is 0.0316. The summed E-state index contributed by atoms with van der Waals surface area (Å²) >= 11 is 0.